The molecule has 2 amide bonds. The van der Waals surface area contributed by atoms with E-state index < -0.39 is 20.6 Å². The number of hydrogen-bond acceptors (Lipinski definition) is 6. The smallest absolute Gasteiger partial charge is 0.289 e. The van der Waals surface area contributed by atoms with Gasteiger partial charge < -0.3 is 9.80 Å². The van der Waals surface area contributed by atoms with Crippen LogP contribution < -0.4 is 4.90 Å². The number of amides is 2. The molecule has 0 unspecified atom stereocenters. The molecule has 174 valence electrons. The summed E-state index contributed by atoms with van der Waals surface area (Å²) in [4.78, 5) is 38.6. The van der Waals surface area contributed by atoms with Crippen LogP contribution in [-0.4, -0.2) is 67.1 Å². The fraction of sp³-hybridized carbons (Fsp3) is 0.364. The quantitative estimate of drug-likeness (QED) is 0.485. The lowest BCUT2D eigenvalue weighted by Gasteiger charge is -2.34. The molecule has 0 radical (unpaired) electrons. The average molecular weight is 473 g/mol. The number of para-hydroxylation sites is 1. The predicted octanol–water partition coefficient (Wildman–Crippen LogP) is 2.04. The molecule has 2 aliphatic heterocycles. The molecular weight excluding hydrogens is 448 g/mol. The predicted molar refractivity (Wildman–Crippen MR) is 121 cm³/mol. The van der Waals surface area contributed by atoms with E-state index in [4.69, 9.17) is 0 Å². The molecule has 2 aromatic carbocycles. The molecule has 2 aromatic rings. The van der Waals surface area contributed by atoms with E-state index in [2.05, 4.69) is 0 Å². The fourth-order valence-electron chi connectivity index (χ4n) is 4.26. The average Bonchev–Trinajstić information content (AvgIpc) is 3.26. The van der Waals surface area contributed by atoms with Crippen molar-refractivity contribution in [2.24, 2.45) is 0 Å². The summed E-state index contributed by atoms with van der Waals surface area (Å²) in [5.74, 6) is -0.162. The Morgan fingerprint density at radius 2 is 1.73 bits per heavy atom. The highest BCUT2D eigenvalue weighted by Crippen LogP contribution is 2.30. The third kappa shape index (κ3) is 4.21. The summed E-state index contributed by atoms with van der Waals surface area (Å²) in [5, 5.41) is 11.3. The maximum absolute atomic E-state index is 13.0. The number of nitrogens with zero attached hydrogens (tertiary/aromatic N) is 4. The lowest BCUT2D eigenvalue weighted by molar-refractivity contribution is -0.387. The molecule has 33 heavy (non-hydrogen) atoms. The first kappa shape index (κ1) is 22.9. The maximum Gasteiger partial charge on any atom is 0.289 e. The Hall–Kier alpha value is -3.31. The molecule has 2 aliphatic rings. The summed E-state index contributed by atoms with van der Waals surface area (Å²) >= 11 is 0. The molecule has 10 nitrogen and oxygen atoms in total. The molecule has 0 saturated carbocycles. The van der Waals surface area contributed by atoms with Crippen LogP contribution in [0.5, 0.6) is 0 Å². The molecule has 0 bridgehead atoms. The Morgan fingerprint density at radius 1 is 1.03 bits per heavy atom. The first-order chi connectivity index (χ1) is 15.7. The number of sulfonamides is 1. The zero-order valence-corrected chi connectivity index (χ0v) is 19.0. The summed E-state index contributed by atoms with van der Waals surface area (Å²) in [6, 6.07) is 10.5. The second-order valence-corrected chi connectivity index (χ2v) is 9.82. The van der Waals surface area contributed by atoms with Crippen LogP contribution in [0.15, 0.2) is 47.4 Å². The third-order valence-electron chi connectivity index (χ3n) is 6.03. The lowest BCUT2D eigenvalue weighted by Crippen LogP contribution is -2.50. The number of carbonyl (C=O) groups is 2. The van der Waals surface area contributed by atoms with Crippen molar-refractivity contribution in [2.45, 2.75) is 24.7 Å². The topological polar surface area (TPSA) is 121 Å². The molecular formula is C22H24N4O6S. The number of nitro benzene ring substituents is 1. The van der Waals surface area contributed by atoms with Crippen molar-refractivity contribution >= 4 is 33.2 Å². The van der Waals surface area contributed by atoms with Gasteiger partial charge in [0, 0.05) is 56.5 Å². The largest absolute Gasteiger partial charge is 0.336 e. The third-order valence-corrected chi connectivity index (χ3v) is 7.98. The zero-order valence-electron chi connectivity index (χ0n) is 18.1. The molecule has 0 spiro atoms. The number of hydrogen-bond donors (Lipinski definition) is 0. The fourth-order valence-corrected chi connectivity index (χ4v) is 5.84. The minimum Gasteiger partial charge on any atom is -0.336 e. The van der Waals surface area contributed by atoms with Crippen molar-refractivity contribution in [3.8, 4) is 0 Å². The Labute approximate surface area is 191 Å². The van der Waals surface area contributed by atoms with E-state index in [1.165, 1.54) is 22.5 Å². The van der Waals surface area contributed by atoms with E-state index in [-0.39, 0.29) is 42.9 Å². The van der Waals surface area contributed by atoms with Crippen molar-refractivity contribution in [1.82, 2.24) is 9.21 Å². The molecule has 0 aromatic heterocycles. The van der Waals surface area contributed by atoms with Crippen LogP contribution in [0.3, 0.4) is 0 Å². The van der Waals surface area contributed by atoms with Gasteiger partial charge in [-0.05, 0) is 36.2 Å². The second kappa shape index (κ2) is 8.91. The SMILES string of the molecule is CCC(=O)N1CCc2cc(C(=O)N3CCN(S(=O)(=O)c4ccccc4[N+](=O)[O-])CC3)ccc21. The van der Waals surface area contributed by atoms with E-state index in [9.17, 15) is 28.1 Å². The standard InChI is InChI=1S/C22H24N4O6S/c1-2-21(27)25-10-9-16-15-17(7-8-18(16)25)22(28)23-11-13-24(14-12-23)33(31,32)20-6-4-3-5-19(20)26(29)30/h3-8,15H,2,9-14H2,1H3. The van der Waals surface area contributed by atoms with Gasteiger partial charge in [-0.2, -0.15) is 4.31 Å². The van der Waals surface area contributed by atoms with Gasteiger partial charge >= 0.3 is 0 Å². The molecule has 0 N–H and O–H groups in total. The van der Waals surface area contributed by atoms with Crippen molar-refractivity contribution in [2.75, 3.05) is 37.6 Å². The normalized spacial score (nSPS) is 16.5. The Morgan fingerprint density at radius 3 is 2.39 bits per heavy atom. The summed E-state index contributed by atoms with van der Waals surface area (Å²) in [5.41, 5.74) is 1.80. The van der Waals surface area contributed by atoms with Crippen LogP contribution in [0, 0.1) is 10.1 Å². The number of nitro groups is 1. The van der Waals surface area contributed by atoms with Crippen molar-refractivity contribution in [3.63, 3.8) is 0 Å². The molecule has 2 heterocycles. The number of rotatable bonds is 5. The van der Waals surface area contributed by atoms with E-state index in [1.54, 1.807) is 28.0 Å². The molecule has 4 rings (SSSR count). The van der Waals surface area contributed by atoms with Crippen LogP contribution in [-0.2, 0) is 21.2 Å². The van der Waals surface area contributed by atoms with E-state index in [1.807, 2.05) is 6.92 Å². The molecule has 0 atom stereocenters. The van der Waals surface area contributed by atoms with Crippen molar-refractivity contribution in [3.05, 3.63) is 63.7 Å². The van der Waals surface area contributed by atoms with Gasteiger partial charge in [0.1, 0.15) is 0 Å². The molecule has 0 aliphatic carbocycles. The van der Waals surface area contributed by atoms with Crippen LogP contribution >= 0.6 is 0 Å². The summed E-state index contributed by atoms with van der Waals surface area (Å²) in [6.45, 7) is 2.86. The van der Waals surface area contributed by atoms with Crippen molar-refractivity contribution < 1.29 is 22.9 Å². The van der Waals surface area contributed by atoms with Crippen molar-refractivity contribution in [1.29, 1.82) is 0 Å². The Kier molecular flexibility index (Phi) is 6.17. The zero-order chi connectivity index (χ0) is 23.8. The Bertz CT molecular complexity index is 1220. The van der Waals surface area contributed by atoms with Crippen LogP contribution in [0.4, 0.5) is 11.4 Å². The maximum atomic E-state index is 13.0. The number of piperazine rings is 1. The summed E-state index contributed by atoms with van der Waals surface area (Å²) in [7, 11) is -4.06. The van der Waals surface area contributed by atoms with Gasteiger partial charge in [0.05, 0.1) is 4.92 Å². The first-order valence-electron chi connectivity index (χ1n) is 10.7. The van der Waals surface area contributed by atoms with Gasteiger partial charge in [0.15, 0.2) is 4.90 Å². The Balaban J connectivity index is 1.46. The first-order valence-corrected chi connectivity index (χ1v) is 12.1. The van der Waals surface area contributed by atoms with E-state index in [0.29, 0.717) is 24.9 Å². The highest BCUT2D eigenvalue weighted by atomic mass is 32.2. The highest BCUT2D eigenvalue weighted by molar-refractivity contribution is 7.89. The minimum atomic E-state index is -4.06. The van der Waals surface area contributed by atoms with Crippen LogP contribution in [0.2, 0.25) is 0 Å². The molecule has 11 heteroatoms. The van der Waals surface area contributed by atoms with Crippen LogP contribution in [0.25, 0.3) is 0 Å². The van der Waals surface area contributed by atoms with E-state index in [0.717, 1.165) is 17.3 Å². The number of anilines is 1. The number of benzene rings is 2. The monoisotopic (exact) mass is 472 g/mol. The summed E-state index contributed by atoms with van der Waals surface area (Å²) in [6.07, 6.45) is 1.10. The minimum absolute atomic E-state index is 0.0452. The van der Waals surface area contributed by atoms with Gasteiger partial charge in [-0.3, -0.25) is 19.7 Å². The van der Waals surface area contributed by atoms with Crippen LogP contribution in [0.1, 0.15) is 29.3 Å². The summed E-state index contributed by atoms with van der Waals surface area (Å²) < 4.78 is 27.1. The second-order valence-electron chi connectivity index (χ2n) is 7.91. The number of carbonyl (C=O) groups excluding carboxylic acids is 2. The van der Waals surface area contributed by atoms with Gasteiger partial charge in [-0.25, -0.2) is 8.42 Å². The van der Waals surface area contributed by atoms with Gasteiger partial charge in [0.25, 0.3) is 11.6 Å². The van der Waals surface area contributed by atoms with E-state index >= 15 is 0 Å². The lowest BCUT2D eigenvalue weighted by atomic mass is 10.1. The highest BCUT2D eigenvalue weighted by Gasteiger charge is 2.35. The molecule has 1 saturated heterocycles. The van der Waals surface area contributed by atoms with Gasteiger partial charge in [-0.15, -0.1) is 0 Å². The number of fused-ring (bicyclic) bond motifs is 1. The molecule has 1 fully saturated rings. The van der Waals surface area contributed by atoms with Gasteiger partial charge in [-0.1, -0.05) is 19.1 Å². The van der Waals surface area contributed by atoms with Gasteiger partial charge in [0.2, 0.25) is 15.9 Å².